The SMILES string of the molecule is Cl.FC(F)(F)C#[C][Zn]. The molecule has 0 heterocycles. The van der Waals surface area contributed by atoms with E-state index in [0.29, 0.717) is 18.3 Å². The summed E-state index contributed by atoms with van der Waals surface area (Å²) in [6.45, 7) is 0. The van der Waals surface area contributed by atoms with Crippen molar-refractivity contribution in [2.24, 2.45) is 0 Å². The molecule has 5 heteroatoms. The Hall–Kier alpha value is 0.263. The molecule has 0 unspecified atom stereocenters. The molecule has 0 bridgehead atoms. The van der Waals surface area contributed by atoms with Crippen molar-refractivity contribution in [3.63, 3.8) is 0 Å². The number of hydrogen-bond acceptors (Lipinski definition) is 0. The fraction of sp³-hybridized carbons (Fsp3) is 0.333. The van der Waals surface area contributed by atoms with Crippen LogP contribution < -0.4 is 0 Å². The van der Waals surface area contributed by atoms with E-state index in [4.69, 9.17) is 0 Å². The van der Waals surface area contributed by atoms with Crippen molar-refractivity contribution in [2.75, 3.05) is 0 Å². The first-order valence-corrected chi connectivity index (χ1v) is 2.90. The van der Waals surface area contributed by atoms with Gasteiger partial charge in [0.2, 0.25) is 0 Å². The topological polar surface area (TPSA) is 0 Å². The summed E-state index contributed by atoms with van der Waals surface area (Å²) in [5, 5.41) is 0. The summed E-state index contributed by atoms with van der Waals surface area (Å²) in [4.78, 5) is 0. The molecule has 0 aromatic heterocycles. The molecule has 0 aromatic rings. The Balaban J connectivity index is 0. The molecule has 0 N–H and O–H groups in total. The van der Waals surface area contributed by atoms with Gasteiger partial charge in [0, 0.05) is 0 Å². The second-order valence-corrected chi connectivity index (χ2v) is 1.54. The van der Waals surface area contributed by atoms with Crippen LogP contribution in [0.4, 0.5) is 13.2 Å². The standard InChI is InChI=1S/C3F3.ClH.Zn/c1-2-3(4,5)6;;/h;1H;. The molecule has 43 valence electrons. The molecule has 0 fully saturated rings. The zero-order valence-electron chi connectivity index (χ0n) is 3.75. The zero-order valence-corrected chi connectivity index (χ0v) is 7.53. The number of halogens is 4. The van der Waals surface area contributed by atoms with Gasteiger partial charge in [-0.05, 0) is 0 Å². The average molecular weight is 195 g/mol. The van der Waals surface area contributed by atoms with E-state index < -0.39 is 6.18 Å². The molecule has 0 aliphatic carbocycles. The van der Waals surface area contributed by atoms with E-state index in [1.165, 1.54) is 0 Å². The Labute approximate surface area is 60.9 Å². The van der Waals surface area contributed by atoms with Crippen LogP contribution >= 0.6 is 12.4 Å². The van der Waals surface area contributed by atoms with E-state index in [1.807, 2.05) is 4.51 Å². The first-order chi connectivity index (χ1) is 3.06. The molecular weight excluding hydrogens is 194 g/mol. The van der Waals surface area contributed by atoms with Gasteiger partial charge in [-0.25, -0.2) is 0 Å². The van der Waals surface area contributed by atoms with Gasteiger partial charge in [0.15, 0.2) is 0 Å². The fourth-order valence-corrected chi connectivity index (χ4v) is 0.521. The number of rotatable bonds is 0. The van der Waals surface area contributed by atoms with Gasteiger partial charge in [-0.1, -0.05) is 0 Å². The molecule has 0 rings (SSSR count). The molecule has 8 heavy (non-hydrogen) atoms. The van der Waals surface area contributed by atoms with E-state index in [9.17, 15) is 13.2 Å². The van der Waals surface area contributed by atoms with Crippen LogP contribution in [0.1, 0.15) is 0 Å². The Morgan fingerprint density at radius 1 is 1.25 bits per heavy atom. The normalized spacial score (nSPS) is 8.62. The van der Waals surface area contributed by atoms with Crippen molar-refractivity contribution >= 4 is 12.4 Å². The molecule has 0 spiro atoms. The van der Waals surface area contributed by atoms with Gasteiger partial charge in [-0.3, -0.25) is 0 Å². The van der Waals surface area contributed by atoms with Crippen LogP contribution in [-0.4, -0.2) is 6.18 Å². The predicted molar refractivity (Wildman–Crippen MR) is 21.1 cm³/mol. The average Bonchev–Trinajstić information content (AvgIpc) is 1.30. The summed E-state index contributed by atoms with van der Waals surface area (Å²) in [5.74, 6) is 1.09. The predicted octanol–water partition coefficient (Wildman–Crippen LogP) is 1.48. The van der Waals surface area contributed by atoms with E-state index in [1.54, 1.807) is 0 Å². The van der Waals surface area contributed by atoms with Crippen LogP contribution in [-0.2, 0) is 18.3 Å². The first-order valence-electron chi connectivity index (χ1n) is 1.42. The Kier molecular flexibility index (Phi) is 5.80. The Morgan fingerprint density at radius 2 is 1.62 bits per heavy atom. The molecule has 0 atom stereocenters. The summed E-state index contributed by atoms with van der Waals surface area (Å²) in [5.41, 5.74) is 0. The van der Waals surface area contributed by atoms with Gasteiger partial charge >= 0.3 is 48.1 Å². The number of alkyl halides is 3. The van der Waals surface area contributed by atoms with Crippen LogP contribution in [0.2, 0.25) is 0 Å². The van der Waals surface area contributed by atoms with Crippen molar-refractivity contribution in [1.29, 1.82) is 0 Å². The van der Waals surface area contributed by atoms with Gasteiger partial charge in [-0.15, -0.1) is 12.4 Å². The summed E-state index contributed by atoms with van der Waals surface area (Å²) < 4.78 is 34.6. The minimum atomic E-state index is -4.28. The van der Waals surface area contributed by atoms with Crippen molar-refractivity contribution in [1.82, 2.24) is 0 Å². The fourth-order valence-electron chi connectivity index (χ4n) is 0.100. The molecule has 0 saturated carbocycles. The van der Waals surface area contributed by atoms with Crippen LogP contribution in [0.5, 0.6) is 0 Å². The van der Waals surface area contributed by atoms with Gasteiger partial charge in [-0.2, -0.15) is 0 Å². The molecule has 0 radical (unpaired) electrons. The van der Waals surface area contributed by atoms with Crippen LogP contribution in [0, 0.1) is 10.4 Å². The number of hydrogen-bond donors (Lipinski definition) is 0. The Bertz CT molecular complexity index is 108. The van der Waals surface area contributed by atoms with Crippen molar-refractivity contribution < 1.29 is 31.5 Å². The van der Waals surface area contributed by atoms with Crippen LogP contribution in [0.25, 0.3) is 0 Å². The summed E-state index contributed by atoms with van der Waals surface area (Å²) >= 11 is 0.375. The van der Waals surface area contributed by atoms with Gasteiger partial charge < -0.3 is 0 Å². The van der Waals surface area contributed by atoms with Crippen molar-refractivity contribution in [3.05, 3.63) is 0 Å². The maximum atomic E-state index is 10.9. The van der Waals surface area contributed by atoms with E-state index in [2.05, 4.69) is 0 Å². The van der Waals surface area contributed by atoms with Gasteiger partial charge in [0.1, 0.15) is 0 Å². The first kappa shape index (κ1) is 11.1. The third kappa shape index (κ3) is 9.55. The molecule has 0 nitrogen and oxygen atoms in total. The van der Waals surface area contributed by atoms with Crippen LogP contribution in [0.3, 0.4) is 0 Å². The van der Waals surface area contributed by atoms with E-state index in [0.717, 1.165) is 5.92 Å². The molecule has 0 aromatic carbocycles. The molecule has 0 saturated heterocycles. The van der Waals surface area contributed by atoms with Crippen molar-refractivity contribution in [3.8, 4) is 10.4 Å². The van der Waals surface area contributed by atoms with E-state index in [-0.39, 0.29) is 12.4 Å². The minimum absolute atomic E-state index is 0. The van der Waals surface area contributed by atoms with Gasteiger partial charge in [0.05, 0.1) is 0 Å². The molecule has 0 aliphatic rings. The molecule has 0 aliphatic heterocycles. The second-order valence-electron chi connectivity index (χ2n) is 0.800. The quantitative estimate of drug-likeness (QED) is 0.405. The van der Waals surface area contributed by atoms with Crippen LogP contribution in [0.15, 0.2) is 0 Å². The molecule has 0 amide bonds. The molecular formula is C3HClF3Zn. The summed E-state index contributed by atoms with van der Waals surface area (Å²) in [7, 11) is 0. The maximum absolute atomic E-state index is 10.9. The Morgan fingerprint density at radius 3 is 1.62 bits per heavy atom. The summed E-state index contributed by atoms with van der Waals surface area (Å²) in [6.07, 6.45) is -4.28. The van der Waals surface area contributed by atoms with Gasteiger partial charge in [0.25, 0.3) is 0 Å². The van der Waals surface area contributed by atoms with E-state index >= 15 is 0 Å². The monoisotopic (exact) mass is 193 g/mol. The third-order valence-corrected chi connectivity index (χ3v) is 0.601. The second kappa shape index (κ2) is 4.17. The zero-order chi connectivity index (χ0) is 5.91. The van der Waals surface area contributed by atoms with Crippen molar-refractivity contribution in [2.45, 2.75) is 6.18 Å². The summed E-state index contributed by atoms with van der Waals surface area (Å²) in [6, 6.07) is 0. The third-order valence-electron chi connectivity index (χ3n) is 0.230.